The monoisotopic (exact) mass is 309 g/mol. The van der Waals surface area contributed by atoms with Crippen LogP contribution in [-0.4, -0.2) is 32.9 Å². The van der Waals surface area contributed by atoms with Gasteiger partial charge in [-0.3, -0.25) is 9.59 Å². The highest BCUT2D eigenvalue weighted by Gasteiger charge is 2.19. The lowest BCUT2D eigenvalue weighted by Gasteiger charge is -2.22. The molecule has 1 N–H and O–H groups in total. The van der Waals surface area contributed by atoms with E-state index in [1.807, 2.05) is 18.2 Å². The van der Waals surface area contributed by atoms with Crippen molar-refractivity contribution in [2.75, 3.05) is 11.4 Å². The van der Waals surface area contributed by atoms with E-state index in [9.17, 15) is 9.59 Å². The summed E-state index contributed by atoms with van der Waals surface area (Å²) in [7, 11) is 0. The lowest BCUT2D eigenvalue weighted by molar-refractivity contribution is -0.136. The molecule has 0 aliphatic rings. The zero-order valence-corrected chi connectivity index (χ0v) is 12.3. The Hall–Kier alpha value is -3.15. The van der Waals surface area contributed by atoms with Crippen LogP contribution in [0, 0.1) is 0 Å². The van der Waals surface area contributed by atoms with Gasteiger partial charge in [0.15, 0.2) is 0 Å². The summed E-state index contributed by atoms with van der Waals surface area (Å²) < 4.78 is 1.81. The first-order valence-electron chi connectivity index (χ1n) is 7.16. The van der Waals surface area contributed by atoms with Gasteiger partial charge in [-0.25, -0.2) is 4.98 Å². The van der Waals surface area contributed by atoms with E-state index in [0.29, 0.717) is 16.9 Å². The van der Waals surface area contributed by atoms with Crippen LogP contribution in [0.25, 0.3) is 5.65 Å². The van der Waals surface area contributed by atoms with Crippen LogP contribution < -0.4 is 4.90 Å². The number of hydrogen-bond donors (Lipinski definition) is 1. The van der Waals surface area contributed by atoms with Crippen molar-refractivity contribution in [1.82, 2.24) is 9.38 Å². The molecular weight excluding hydrogens is 294 g/mol. The van der Waals surface area contributed by atoms with Crippen molar-refractivity contribution < 1.29 is 14.7 Å². The van der Waals surface area contributed by atoms with Gasteiger partial charge in [-0.15, -0.1) is 0 Å². The number of carboxylic acids is 1. The minimum absolute atomic E-state index is 0.109. The topological polar surface area (TPSA) is 74.9 Å². The molecule has 0 saturated heterocycles. The van der Waals surface area contributed by atoms with Gasteiger partial charge in [0, 0.05) is 36.4 Å². The minimum Gasteiger partial charge on any atom is -0.481 e. The first-order chi connectivity index (χ1) is 11.1. The summed E-state index contributed by atoms with van der Waals surface area (Å²) in [5.74, 6) is -1.19. The summed E-state index contributed by atoms with van der Waals surface area (Å²) in [5, 5.41) is 8.92. The number of amides is 1. The number of aliphatic carboxylic acids is 1. The second-order valence-corrected chi connectivity index (χ2v) is 5.04. The van der Waals surface area contributed by atoms with Crippen molar-refractivity contribution >= 4 is 23.2 Å². The second kappa shape index (κ2) is 6.31. The molecule has 0 fully saturated rings. The van der Waals surface area contributed by atoms with Crippen LogP contribution in [0.1, 0.15) is 16.8 Å². The maximum absolute atomic E-state index is 12.8. The number of carbonyl (C=O) groups excluding carboxylic acids is 1. The van der Waals surface area contributed by atoms with Crippen molar-refractivity contribution in [3.8, 4) is 0 Å². The molecule has 1 amide bonds. The van der Waals surface area contributed by atoms with Crippen LogP contribution in [0.2, 0.25) is 0 Å². The summed E-state index contributed by atoms with van der Waals surface area (Å²) in [5.41, 5.74) is 1.81. The summed E-state index contributed by atoms with van der Waals surface area (Å²) in [6.45, 7) is 0.109. The van der Waals surface area contributed by atoms with Gasteiger partial charge >= 0.3 is 5.97 Å². The fraction of sp³-hybridized carbons (Fsp3) is 0.118. The first-order valence-corrected chi connectivity index (χ1v) is 7.16. The van der Waals surface area contributed by atoms with Crippen molar-refractivity contribution in [3.05, 3.63) is 66.6 Å². The third-order valence-electron chi connectivity index (χ3n) is 3.51. The van der Waals surface area contributed by atoms with E-state index < -0.39 is 5.97 Å². The van der Waals surface area contributed by atoms with Crippen LogP contribution in [0.4, 0.5) is 5.69 Å². The van der Waals surface area contributed by atoms with Crippen molar-refractivity contribution in [2.24, 2.45) is 0 Å². The van der Waals surface area contributed by atoms with Crippen molar-refractivity contribution in [2.45, 2.75) is 6.42 Å². The van der Waals surface area contributed by atoms with E-state index in [4.69, 9.17) is 5.11 Å². The average molecular weight is 309 g/mol. The Bertz CT molecular complexity index is 842. The maximum atomic E-state index is 12.8. The molecule has 1 aromatic carbocycles. The van der Waals surface area contributed by atoms with Crippen LogP contribution in [-0.2, 0) is 4.79 Å². The van der Waals surface area contributed by atoms with E-state index in [2.05, 4.69) is 4.98 Å². The third-order valence-corrected chi connectivity index (χ3v) is 3.51. The lowest BCUT2D eigenvalue weighted by Crippen LogP contribution is -2.33. The number of imidazole rings is 1. The Labute approximate surface area is 132 Å². The highest BCUT2D eigenvalue weighted by molar-refractivity contribution is 6.06. The number of carbonyl (C=O) groups is 2. The summed E-state index contributed by atoms with van der Waals surface area (Å²) in [6.07, 6.45) is 5.09. The number of hydrogen-bond acceptors (Lipinski definition) is 3. The highest BCUT2D eigenvalue weighted by Crippen LogP contribution is 2.18. The number of pyridine rings is 1. The van der Waals surface area contributed by atoms with E-state index in [1.165, 1.54) is 4.90 Å². The Morgan fingerprint density at radius 1 is 1.13 bits per heavy atom. The molecule has 6 nitrogen and oxygen atoms in total. The molecule has 3 rings (SSSR count). The molecule has 0 spiro atoms. The molecule has 0 atom stereocenters. The largest absolute Gasteiger partial charge is 0.481 e. The molecule has 0 radical (unpaired) electrons. The van der Waals surface area contributed by atoms with Crippen LogP contribution in [0.5, 0.6) is 0 Å². The number of carboxylic acid groups (broad SMARTS) is 1. The molecule has 2 aromatic heterocycles. The predicted octanol–water partition coefficient (Wildman–Crippen LogP) is 2.46. The van der Waals surface area contributed by atoms with E-state index in [1.54, 1.807) is 47.3 Å². The fourth-order valence-corrected chi connectivity index (χ4v) is 2.36. The smallest absolute Gasteiger partial charge is 0.305 e. The molecule has 2 heterocycles. The number of rotatable bonds is 5. The van der Waals surface area contributed by atoms with Gasteiger partial charge in [-0.1, -0.05) is 18.2 Å². The zero-order chi connectivity index (χ0) is 16.2. The summed E-state index contributed by atoms with van der Waals surface area (Å²) in [4.78, 5) is 29.3. The summed E-state index contributed by atoms with van der Waals surface area (Å²) >= 11 is 0. The van der Waals surface area contributed by atoms with Gasteiger partial charge < -0.3 is 14.4 Å². The highest BCUT2D eigenvalue weighted by atomic mass is 16.4. The molecule has 6 heteroatoms. The maximum Gasteiger partial charge on any atom is 0.305 e. The van der Waals surface area contributed by atoms with Crippen LogP contribution in [0.15, 0.2) is 61.1 Å². The van der Waals surface area contributed by atoms with E-state index in [0.717, 1.165) is 0 Å². The molecule has 0 bridgehead atoms. The van der Waals surface area contributed by atoms with Gasteiger partial charge in [0.2, 0.25) is 0 Å². The molecule has 0 aliphatic carbocycles. The Morgan fingerprint density at radius 3 is 2.65 bits per heavy atom. The Balaban J connectivity index is 1.94. The molecule has 3 aromatic rings. The molecule has 0 aliphatic heterocycles. The summed E-state index contributed by atoms with van der Waals surface area (Å²) in [6, 6.07) is 12.4. The quantitative estimate of drug-likeness (QED) is 0.785. The number of aromatic nitrogens is 2. The second-order valence-electron chi connectivity index (χ2n) is 5.04. The predicted molar refractivity (Wildman–Crippen MR) is 85.6 cm³/mol. The minimum atomic E-state index is -0.942. The van der Waals surface area contributed by atoms with E-state index >= 15 is 0 Å². The Kier molecular flexibility index (Phi) is 4.05. The molecule has 0 saturated carbocycles. The molecule has 0 unspecified atom stereocenters. The van der Waals surface area contributed by atoms with Crippen molar-refractivity contribution in [3.63, 3.8) is 0 Å². The van der Waals surface area contributed by atoms with Gasteiger partial charge in [0.25, 0.3) is 5.91 Å². The van der Waals surface area contributed by atoms with Crippen molar-refractivity contribution in [1.29, 1.82) is 0 Å². The third kappa shape index (κ3) is 3.21. The SMILES string of the molecule is O=C(O)CCN(C(=O)c1ccn2ccnc2c1)c1ccccc1. The van der Waals surface area contributed by atoms with Crippen LogP contribution >= 0.6 is 0 Å². The Morgan fingerprint density at radius 2 is 1.91 bits per heavy atom. The normalized spacial score (nSPS) is 10.6. The van der Waals surface area contributed by atoms with E-state index in [-0.39, 0.29) is 18.9 Å². The fourth-order valence-electron chi connectivity index (χ4n) is 2.36. The standard InChI is InChI=1S/C17H15N3O3/c21-16(22)7-10-20(14-4-2-1-3-5-14)17(23)13-6-9-19-11-8-18-15(19)12-13/h1-6,8-9,11-12H,7,10H2,(H,21,22). The average Bonchev–Trinajstić information content (AvgIpc) is 3.03. The van der Waals surface area contributed by atoms with Gasteiger partial charge in [-0.05, 0) is 24.3 Å². The number of nitrogens with zero attached hydrogens (tertiary/aromatic N) is 3. The van der Waals surface area contributed by atoms with Crippen LogP contribution in [0.3, 0.4) is 0 Å². The first kappa shape index (κ1) is 14.8. The number of anilines is 1. The van der Waals surface area contributed by atoms with Gasteiger partial charge in [0.05, 0.1) is 6.42 Å². The lowest BCUT2D eigenvalue weighted by atomic mass is 10.2. The van der Waals surface area contributed by atoms with Gasteiger partial charge in [0.1, 0.15) is 5.65 Å². The van der Waals surface area contributed by atoms with Gasteiger partial charge in [-0.2, -0.15) is 0 Å². The molecular formula is C17H15N3O3. The number of para-hydroxylation sites is 1. The number of benzene rings is 1. The molecule has 23 heavy (non-hydrogen) atoms. The molecule has 116 valence electrons. The number of fused-ring (bicyclic) bond motifs is 1. The zero-order valence-electron chi connectivity index (χ0n) is 12.3.